The molecule has 0 saturated carbocycles. The van der Waals surface area contributed by atoms with E-state index in [9.17, 15) is 9.59 Å². The Morgan fingerprint density at radius 2 is 1.62 bits per heavy atom. The zero-order valence-corrected chi connectivity index (χ0v) is 14.5. The summed E-state index contributed by atoms with van der Waals surface area (Å²) < 4.78 is 11.4. The lowest BCUT2D eigenvalue weighted by atomic mass is 10.2. The number of anilines is 2. The van der Waals surface area contributed by atoms with Gasteiger partial charge in [0.25, 0.3) is 0 Å². The van der Waals surface area contributed by atoms with Gasteiger partial charge in [-0.25, -0.2) is 0 Å². The number of halogens is 1. The Balaban J connectivity index is 1.56. The van der Waals surface area contributed by atoms with Gasteiger partial charge in [0.1, 0.15) is 6.42 Å². The van der Waals surface area contributed by atoms with E-state index in [1.807, 2.05) is 19.1 Å². The minimum absolute atomic E-state index is 0.168. The van der Waals surface area contributed by atoms with Gasteiger partial charge in [-0.05, 0) is 42.8 Å². The summed E-state index contributed by atoms with van der Waals surface area (Å²) in [5.74, 6) is 0.425. The highest BCUT2D eigenvalue weighted by atomic mass is 79.9. The number of nitrogens with one attached hydrogen (secondary N) is 2. The largest absolute Gasteiger partial charge is 0.454 e. The van der Waals surface area contributed by atoms with Gasteiger partial charge in [-0.15, -0.1) is 0 Å². The van der Waals surface area contributed by atoms with Crippen LogP contribution in [-0.4, -0.2) is 18.6 Å². The highest BCUT2D eigenvalue weighted by Gasteiger charge is 2.15. The summed E-state index contributed by atoms with van der Waals surface area (Å²) in [6.07, 6.45) is -0.274. The Hall–Kier alpha value is -2.54. The van der Waals surface area contributed by atoms with Gasteiger partial charge in [-0.2, -0.15) is 0 Å². The van der Waals surface area contributed by atoms with Gasteiger partial charge in [0.2, 0.25) is 18.6 Å². The van der Waals surface area contributed by atoms with Gasteiger partial charge in [-0.3, -0.25) is 9.59 Å². The van der Waals surface area contributed by atoms with Crippen LogP contribution in [0.4, 0.5) is 11.4 Å². The van der Waals surface area contributed by atoms with Crippen LogP contribution in [0.15, 0.2) is 40.9 Å². The summed E-state index contributed by atoms with van der Waals surface area (Å²) in [5.41, 5.74) is 2.20. The number of carbonyl (C=O) groups excluding carboxylic acids is 2. The molecular formula is C17H15BrN2O4. The Labute approximate surface area is 147 Å². The lowest BCUT2D eigenvalue weighted by Crippen LogP contribution is -2.21. The third-order valence-electron chi connectivity index (χ3n) is 3.42. The van der Waals surface area contributed by atoms with Gasteiger partial charge < -0.3 is 20.1 Å². The molecule has 0 unspecified atom stereocenters. The summed E-state index contributed by atoms with van der Waals surface area (Å²) in [4.78, 5) is 24.0. The van der Waals surface area contributed by atoms with Crippen LogP contribution in [0.1, 0.15) is 12.0 Å². The Morgan fingerprint density at radius 3 is 2.33 bits per heavy atom. The minimum Gasteiger partial charge on any atom is -0.454 e. The summed E-state index contributed by atoms with van der Waals surface area (Å²) in [6.45, 7) is 2.09. The molecule has 7 heteroatoms. The molecule has 2 N–H and O–H groups in total. The fourth-order valence-electron chi connectivity index (χ4n) is 2.25. The third-order valence-corrected chi connectivity index (χ3v) is 4.31. The van der Waals surface area contributed by atoms with Crippen molar-refractivity contribution in [3.05, 3.63) is 46.4 Å². The quantitative estimate of drug-likeness (QED) is 0.783. The van der Waals surface area contributed by atoms with Gasteiger partial charge >= 0.3 is 0 Å². The predicted molar refractivity (Wildman–Crippen MR) is 93.3 cm³/mol. The molecule has 0 aliphatic carbocycles. The number of hydrogen-bond donors (Lipinski definition) is 2. The molecule has 0 fully saturated rings. The molecule has 2 amide bonds. The Kier molecular flexibility index (Phi) is 4.71. The average Bonchev–Trinajstić information content (AvgIpc) is 2.98. The number of aryl methyl sites for hydroxylation is 1. The van der Waals surface area contributed by atoms with Crippen LogP contribution in [0, 0.1) is 6.92 Å². The molecule has 6 nitrogen and oxygen atoms in total. The average molecular weight is 391 g/mol. The van der Waals surface area contributed by atoms with Crippen LogP contribution in [0.5, 0.6) is 11.5 Å². The molecule has 3 rings (SSSR count). The van der Waals surface area contributed by atoms with Crippen LogP contribution in [-0.2, 0) is 9.59 Å². The number of hydrogen-bond acceptors (Lipinski definition) is 4. The van der Waals surface area contributed by atoms with E-state index in [1.165, 1.54) is 0 Å². The van der Waals surface area contributed by atoms with Crippen molar-refractivity contribution < 1.29 is 19.1 Å². The van der Waals surface area contributed by atoms with Crippen LogP contribution in [0.3, 0.4) is 0 Å². The summed E-state index contributed by atoms with van der Waals surface area (Å²) in [7, 11) is 0. The van der Waals surface area contributed by atoms with Crippen LogP contribution >= 0.6 is 15.9 Å². The normalized spacial score (nSPS) is 11.9. The Morgan fingerprint density at radius 1 is 1.00 bits per heavy atom. The maximum absolute atomic E-state index is 12.0. The zero-order chi connectivity index (χ0) is 17.1. The molecule has 0 saturated heterocycles. The monoisotopic (exact) mass is 390 g/mol. The molecular weight excluding hydrogens is 376 g/mol. The lowest BCUT2D eigenvalue weighted by molar-refractivity contribution is -0.123. The number of carbonyl (C=O) groups is 2. The number of rotatable bonds is 4. The van der Waals surface area contributed by atoms with Crippen LogP contribution < -0.4 is 20.1 Å². The van der Waals surface area contributed by atoms with Crippen molar-refractivity contribution in [2.75, 3.05) is 17.4 Å². The number of ether oxygens (including phenoxy) is 2. The molecule has 0 bridgehead atoms. The van der Waals surface area contributed by atoms with E-state index in [2.05, 4.69) is 26.6 Å². The van der Waals surface area contributed by atoms with Crippen molar-refractivity contribution in [1.29, 1.82) is 0 Å². The summed E-state index contributed by atoms with van der Waals surface area (Å²) in [6, 6.07) is 10.5. The van der Waals surface area contributed by atoms with E-state index < -0.39 is 5.91 Å². The molecule has 2 aromatic rings. The van der Waals surface area contributed by atoms with Crippen LogP contribution in [0.25, 0.3) is 0 Å². The minimum atomic E-state index is -0.403. The maximum atomic E-state index is 12.0. The molecule has 0 atom stereocenters. The van der Waals surface area contributed by atoms with Crippen LogP contribution in [0.2, 0.25) is 0 Å². The van der Waals surface area contributed by atoms with Crippen molar-refractivity contribution in [2.45, 2.75) is 13.3 Å². The van der Waals surface area contributed by atoms with Gasteiger partial charge in [0.05, 0.1) is 0 Å². The molecule has 24 heavy (non-hydrogen) atoms. The fraction of sp³-hybridized carbons (Fsp3) is 0.176. The maximum Gasteiger partial charge on any atom is 0.233 e. The molecule has 0 spiro atoms. The topological polar surface area (TPSA) is 76.7 Å². The highest BCUT2D eigenvalue weighted by molar-refractivity contribution is 9.10. The lowest BCUT2D eigenvalue weighted by Gasteiger charge is -2.08. The van der Waals surface area contributed by atoms with E-state index in [0.29, 0.717) is 22.9 Å². The smallest absolute Gasteiger partial charge is 0.233 e. The standard InChI is InChI=1S/C17H15BrN2O4/c1-10-6-11(2-4-13(10)18)19-16(21)8-17(22)20-12-3-5-14-15(7-12)24-9-23-14/h2-7H,8-9H2,1H3,(H,19,21)(H,20,22). The summed E-state index contributed by atoms with van der Waals surface area (Å²) in [5, 5.41) is 5.37. The van der Waals surface area contributed by atoms with E-state index in [0.717, 1.165) is 10.0 Å². The zero-order valence-electron chi connectivity index (χ0n) is 12.9. The van der Waals surface area contributed by atoms with Crippen molar-refractivity contribution in [1.82, 2.24) is 0 Å². The second kappa shape index (κ2) is 6.92. The molecule has 0 aromatic heterocycles. The van der Waals surface area contributed by atoms with Crippen molar-refractivity contribution in [2.24, 2.45) is 0 Å². The molecule has 1 aliphatic rings. The number of amides is 2. The highest BCUT2D eigenvalue weighted by Crippen LogP contribution is 2.34. The Bertz CT molecular complexity index is 807. The molecule has 124 valence electrons. The molecule has 2 aromatic carbocycles. The molecule has 1 heterocycles. The van der Waals surface area contributed by atoms with Crippen molar-refractivity contribution in [3.8, 4) is 11.5 Å². The van der Waals surface area contributed by atoms with Crippen molar-refractivity contribution >= 4 is 39.1 Å². The first-order valence-corrected chi connectivity index (χ1v) is 8.06. The van der Waals surface area contributed by atoms with E-state index in [1.54, 1.807) is 24.3 Å². The van der Waals surface area contributed by atoms with E-state index >= 15 is 0 Å². The number of benzene rings is 2. The first-order valence-electron chi connectivity index (χ1n) is 7.27. The second-order valence-electron chi connectivity index (χ2n) is 5.31. The van der Waals surface area contributed by atoms with Gasteiger partial charge in [0.15, 0.2) is 11.5 Å². The number of fused-ring (bicyclic) bond motifs is 1. The predicted octanol–water partition coefficient (Wildman–Crippen LogP) is 3.45. The summed E-state index contributed by atoms with van der Waals surface area (Å²) >= 11 is 3.40. The molecule has 1 aliphatic heterocycles. The van der Waals surface area contributed by atoms with Crippen molar-refractivity contribution in [3.63, 3.8) is 0 Å². The fourth-order valence-corrected chi connectivity index (χ4v) is 2.50. The molecule has 0 radical (unpaired) electrons. The van der Waals surface area contributed by atoms with E-state index in [4.69, 9.17) is 9.47 Å². The SMILES string of the molecule is Cc1cc(NC(=O)CC(=O)Nc2ccc3c(c2)OCO3)ccc1Br. The van der Waals surface area contributed by atoms with Gasteiger partial charge in [-0.1, -0.05) is 15.9 Å². The second-order valence-corrected chi connectivity index (χ2v) is 6.16. The first kappa shape index (κ1) is 16.3. The van der Waals surface area contributed by atoms with E-state index in [-0.39, 0.29) is 19.1 Å². The first-order chi connectivity index (χ1) is 11.5. The van der Waals surface area contributed by atoms with Gasteiger partial charge in [0, 0.05) is 21.9 Å². The third kappa shape index (κ3) is 3.86.